The summed E-state index contributed by atoms with van der Waals surface area (Å²) >= 11 is 5.60. The molecule has 0 spiro atoms. The monoisotopic (exact) mass is 210 g/mol. The highest BCUT2D eigenvalue weighted by Crippen LogP contribution is 2.17. The van der Waals surface area contributed by atoms with E-state index in [4.69, 9.17) is 16.3 Å². The van der Waals surface area contributed by atoms with Crippen LogP contribution < -0.4 is 5.01 Å². The number of para-hydroxylation sites is 1. The molecule has 0 atom stereocenters. The number of halogens is 1. The zero-order valence-electron chi connectivity index (χ0n) is 7.69. The number of hydrazone groups is 1. The first-order valence-corrected chi connectivity index (χ1v) is 5.02. The fourth-order valence-corrected chi connectivity index (χ4v) is 1.43. The van der Waals surface area contributed by atoms with E-state index in [0.29, 0.717) is 24.9 Å². The van der Waals surface area contributed by atoms with Crippen molar-refractivity contribution in [2.24, 2.45) is 5.10 Å². The van der Waals surface area contributed by atoms with Crippen LogP contribution in [0, 0.1) is 0 Å². The molecule has 1 heterocycles. The molecule has 0 fully saturated rings. The van der Waals surface area contributed by atoms with E-state index in [-0.39, 0.29) is 0 Å². The third-order valence-electron chi connectivity index (χ3n) is 1.95. The molecule has 0 aliphatic carbocycles. The van der Waals surface area contributed by atoms with Gasteiger partial charge in [-0.3, -0.25) is 0 Å². The predicted molar refractivity (Wildman–Crippen MR) is 57.6 cm³/mol. The Kier molecular flexibility index (Phi) is 2.89. The zero-order valence-corrected chi connectivity index (χ0v) is 8.44. The number of hydrogen-bond acceptors (Lipinski definition) is 3. The maximum absolute atomic E-state index is 5.60. The standard InChI is InChI=1S/C10H11ClN2O/c11-7-6-10-12-13(8-14-10)9-4-2-1-3-5-9/h1-5H,6-8H2. The van der Waals surface area contributed by atoms with E-state index in [1.165, 1.54) is 0 Å². The fraction of sp³-hybridized carbons (Fsp3) is 0.300. The second-order valence-corrected chi connectivity index (χ2v) is 3.32. The first-order chi connectivity index (χ1) is 6.90. The van der Waals surface area contributed by atoms with Crippen LogP contribution in [0.2, 0.25) is 0 Å². The first-order valence-electron chi connectivity index (χ1n) is 4.49. The van der Waals surface area contributed by atoms with Crippen LogP contribution in [0.15, 0.2) is 35.4 Å². The molecule has 74 valence electrons. The van der Waals surface area contributed by atoms with Gasteiger partial charge in [-0.1, -0.05) is 18.2 Å². The largest absolute Gasteiger partial charge is 0.456 e. The maximum Gasteiger partial charge on any atom is 0.209 e. The van der Waals surface area contributed by atoms with Gasteiger partial charge in [0, 0.05) is 12.3 Å². The Balaban J connectivity index is 2.08. The number of rotatable bonds is 3. The molecule has 0 aromatic heterocycles. The summed E-state index contributed by atoms with van der Waals surface area (Å²) in [6.45, 7) is 0.482. The van der Waals surface area contributed by atoms with Gasteiger partial charge in [-0.25, -0.2) is 5.01 Å². The zero-order chi connectivity index (χ0) is 9.80. The van der Waals surface area contributed by atoms with Crippen LogP contribution in [0.3, 0.4) is 0 Å². The van der Waals surface area contributed by atoms with Gasteiger partial charge in [0.2, 0.25) is 5.90 Å². The number of alkyl halides is 1. The summed E-state index contributed by atoms with van der Waals surface area (Å²) in [6.07, 6.45) is 0.685. The lowest BCUT2D eigenvalue weighted by Crippen LogP contribution is -2.12. The molecule has 3 nitrogen and oxygen atoms in total. The predicted octanol–water partition coefficient (Wildman–Crippen LogP) is 2.42. The van der Waals surface area contributed by atoms with Crippen LogP contribution in [-0.4, -0.2) is 18.5 Å². The molecule has 4 heteroatoms. The number of hydrogen-bond donors (Lipinski definition) is 0. The normalized spacial score (nSPS) is 15.2. The lowest BCUT2D eigenvalue weighted by atomic mass is 10.3. The second kappa shape index (κ2) is 4.33. The topological polar surface area (TPSA) is 24.8 Å². The Hall–Kier alpha value is -1.22. The van der Waals surface area contributed by atoms with Crippen molar-refractivity contribution in [1.29, 1.82) is 0 Å². The van der Waals surface area contributed by atoms with Crippen molar-refractivity contribution in [3.8, 4) is 0 Å². The van der Waals surface area contributed by atoms with Crippen LogP contribution in [0.4, 0.5) is 5.69 Å². The molecule has 1 aliphatic rings. The van der Waals surface area contributed by atoms with Crippen LogP contribution in [0.1, 0.15) is 6.42 Å². The summed E-state index contributed by atoms with van der Waals surface area (Å²) in [5.41, 5.74) is 1.04. The fourth-order valence-electron chi connectivity index (χ4n) is 1.26. The van der Waals surface area contributed by atoms with Gasteiger partial charge in [-0.15, -0.1) is 16.7 Å². The van der Waals surface area contributed by atoms with E-state index in [1.54, 1.807) is 0 Å². The summed E-state index contributed by atoms with van der Waals surface area (Å²) in [6, 6.07) is 9.92. The minimum atomic E-state index is 0.482. The van der Waals surface area contributed by atoms with Gasteiger partial charge in [0.1, 0.15) is 0 Å². The van der Waals surface area contributed by atoms with Gasteiger partial charge in [0.25, 0.3) is 0 Å². The van der Waals surface area contributed by atoms with Gasteiger partial charge < -0.3 is 4.74 Å². The van der Waals surface area contributed by atoms with Crippen molar-refractivity contribution < 1.29 is 4.74 Å². The Morgan fingerprint density at radius 3 is 2.86 bits per heavy atom. The van der Waals surface area contributed by atoms with Gasteiger partial charge in [-0.05, 0) is 12.1 Å². The highest BCUT2D eigenvalue weighted by atomic mass is 35.5. The number of benzene rings is 1. The average molecular weight is 211 g/mol. The minimum absolute atomic E-state index is 0.482. The summed E-state index contributed by atoms with van der Waals surface area (Å²) in [7, 11) is 0. The molecule has 1 aromatic rings. The summed E-state index contributed by atoms with van der Waals surface area (Å²) in [5.74, 6) is 1.26. The van der Waals surface area contributed by atoms with E-state index < -0.39 is 0 Å². The summed E-state index contributed by atoms with van der Waals surface area (Å²) < 4.78 is 5.35. The lowest BCUT2D eigenvalue weighted by Gasteiger charge is -2.10. The van der Waals surface area contributed by atoms with Crippen LogP contribution >= 0.6 is 11.6 Å². The molecule has 0 radical (unpaired) electrons. The molecule has 0 bridgehead atoms. The Bertz CT molecular complexity index is 326. The molecule has 0 amide bonds. The molecule has 0 saturated heterocycles. The highest BCUT2D eigenvalue weighted by molar-refractivity contribution is 6.18. The van der Waals surface area contributed by atoms with Crippen molar-refractivity contribution >= 4 is 23.2 Å². The quantitative estimate of drug-likeness (QED) is 0.716. The van der Waals surface area contributed by atoms with E-state index >= 15 is 0 Å². The summed E-state index contributed by atoms with van der Waals surface area (Å²) in [4.78, 5) is 0. The van der Waals surface area contributed by atoms with Crippen molar-refractivity contribution in [2.75, 3.05) is 17.6 Å². The lowest BCUT2D eigenvalue weighted by molar-refractivity contribution is 0.330. The molecular weight excluding hydrogens is 200 g/mol. The smallest absolute Gasteiger partial charge is 0.209 e. The third kappa shape index (κ3) is 1.99. The molecule has 2 rings (SSSR count). The van der Waals surface area contributed by atoms with E-state index in [2.05, 4.69) is 5.10 Å². The van der Waals surface area contributed by atoms with Gasteiger partial charge in [0.05, 0.1) is 5.69 Å². The number of ether oxygens (including phenoxy) is 1. The Morgan fingerprint density at radius 1 is 1.36 bits per heavy atom. The highest BCUT2D eigenvalue weighted by Gasteiger charge is 2.15. The van der Waals surface area contributed by atoms with Crippen LogP contribution in [0.25, 0.3) is 0 Å². The SMILES string of the molecule is ClCCC1=NN(c2ccccc2)CO1. The van der Waals surface area contributed by atoms with E-state index in [9.17, 15) is 0 Å². The van der Waals surface area contributed by atoms with Gasteiger partial charge in [-0.2, -0.15) is 0 Å². The maximum atomic E-state index is 5.60. The summed E-state index contributed by atoms with van der Waals surface area (Å²) in [5, 5.41) is 6.11. The third-order valence-corrected chi connectivity index (χ3v) is 2.14. The number of nitrogens with zero attached hydrogens (tertiary/aromatic N) is 2. The molecule has 0 saturated carbocycles. The van der Waals surface area contributed by atoms with Crippen LogP contribution in [0.5, 0.6) is 0 Å². The van der Waals surface area contributed by atoms with Gasteiger partial charge in [0.15, 0.2) is 6.73 Å². The first kappa shape index (κ1) is 9.34. The van der Waals surface area contributed by atoms with Crippen molar-refractivity contribution in [2.45, 2.75) is 6.42 Å². The average Bonchev–Trinajstić information content (AvgIpc) is 2.68. The molecule has 1 aliphatic heterocycles. The second-order valence-electron chi connectivity index (χ2n) is 2.94. The molecule has 0 N–H and O–H groups in total. The van der Waals surface area contributed by atoms with Crippen molar-refractivity contribution in [1.82, 2.24) is 0 Å². The number of anilines is 1. The Labute approximate surface area is 87.9 Å². The van der Waals surface area contributed by atoms with Crippen LogP contribution in [-0.2, 0) is 4.74 Å². The minimum Gasteiger partial charge on any atom is -0.456 e. The van der Waals surface area contributed by atoms with E-state index in [1.807, 2.05) is 35.3 Å². The molecule has 14 heavy (non-hydrogen) atoms. The molecular formula is C10H11ClN2O. The van der Waals surface area contributed by atoms with Crippen molar-refractivity contribution in [3.05, 3.63) is 30.3 Å². The molecule has 1 aromatic carbocycles. The van der Waals surface area contributed by atoms with E-state index in [0.717, 1.165) is 5.69 Å². The van der Waals surface area contributed by atoms with Gasteiger partial charge >= 0.3 is 0 Å². The Morgan fingerprint density at radius 2 is 2.14 bits per heavy atom. The van der Waals surface area contributed by atoms with Crippen molar-refractivity contribution in [3.63, 3.8) is 0 Å². The molecule has 0 unspecified atom stereocenters.